The van der Waals surface area contributed by atoms with Gasteiger partial charge in [-0.15, -0.1) is 0 Å². The van der Waals surface area contributed by atoms with E-state index in [4.69, 9.17) is 9.72 Å². The summed E-state index contributed by atoms with van der Waals surface area (Å²) in [7, 11) is 0. The van der Waals surface area contributed by atoms with Crippen LogP contribution >= 0.6 is 11.8 Å². The van der Waals surface area contributed by atoms with Crippen LogP contribution in [0.15, 0.2) is 72.0 Å². The van der Waals surface area contributed by atoms with Gasteiger partial charge in [-0.25, -0.2) is 19.2 Å². The van der Waals surface area contributed by atoms with Crippen molar-refractivity contribution in [3.05, 3.63) is 83.8 Å². The fourth-order valence-electron chi connectivity index (χ4n) is 3.63. The summed E-state index contributed by atoms with van der Waals surface area (Å²) in [6.07, 6.45) is 2.19. The van der Waals surface area contributed by atoms with Crippen molar-refractivity contribution in [2.45, 2.75) is 37.2 Å². The Morgan fingerprint density at radius 1 is 1.09 bits per heavy atom. The van der Waals surface area contributed by atoms with E-state index in [2.05, 4.69) is 10.3 Å². The van der Waals surface area contributed by atoms with Crippen molar-refractivity contribution in [3.63, 3.8) is 0 Å². The van der Waals surface area contributed by atoms with Crippen LogP contribution in [0.25, 0.3) is 11.2 Å². The third-order valence-corrected chi connectivity index (χ3v) is 6.39. The lowest BCUT2D eigenvalue weighted by molar-refractivity contribution is -0.119. The summed E-state index contributed by atoms with van der Waals surface area (Å²) in [6, 6.07) is 16.0. The number of carbonyl (C=O) groups is 2. The second-order valence-corrected chi connectivity index (χ2v) is 8.68. The highest BCUT2D eigenvalue weighted by molar-refractivity contribution is 7.98. The molecule has 0 fully saturated rings. The number of ether oxygens (including phenoxy) is 1. The van der Waals surface area contributed by atoms with Gasteiger partial charge in [-0.2, -0.15) is 0 Å². The third-order valence-electron chi connectivity index (χ3n) is 5.36. The maximum atomic E-state index is 13.3. The number of hydrogen-bond acceptors (Lipinski definition) is 6. The summed E-state index contributed by atoms with van der Waals surface area (Å²) in [5.74, 6) is -0.342. The molecule has 9 heteroatoms. The van der Waals surface area contributed by atoms with Crippen molar-refractivity contribution in [2.75, 3.05) is 11.9 Å². The third kappa shape index (κ3) is 5.68. The lowest BCUT2D eigenvalue weighted by atomic mass is 10.1. The Hall–Kier alpha value is -3.72. The first kappa shape index (κ1) is 24.4. The SMILES string of the molecule is CCOC(=O)c1ccc(NC(=O)[C@@H](CC)n2c(SCc3ccc(F)cc3)nc3cccnc32)cc1. The quantitative estimate of drug-likeness (QED) is 0.241. The fraction of sp³-hybridized carbons (Fsp3) is 0.231. The molecule has 4 rings (SSSR count). The Kier molecular flexibility index (Phi) is 7.77. The highest BCUT2D eigenvalue weighted by atomic mass is 32.2. The van der Waals surface area contributed by atoms with Gasteiger partial charge in [-0.05, 0) is 67.4 Å². The van der Waals surface area contributed by atoms with Crippen LogP contribution in [-0.2, 0) is 15.3 Å². The lowest BCUT2D eigenvalue weighted by Gasteiger charge is -2.19. The Bertz CT molecular complexity index is 1320. The van der Waals surface area contributed by atoms with Gasteiger partial charge in [0.1, 0.15) is 17.4 Å². The zero-order valence-electron chi connectivity index (χ0n) is 19.4. The minimum Gasteiger partial charge on any atom is -0.462 e. The molecule has 0 aliphatic rings. The van der Waals surface area contributed by atoms with E-state index in [0.29, 0.717) is 46.4 Å². The molecule has 2 aromatic carbocycles. The smallest absolute Gasteiger partial charge is 0.338 e. The van der Waals surface area contributed by atoms with Crippen LogP contribution in [0.2, 0.25) is 0 Å². The average Bonchev–Trinajstić information content (AvgIpc) is 3.23. The molecule has 0 aliphatic carbocycles. The molecule has 1 atom stereocenters. The summed E-state index contributed by atoms with van der Waals surface area (Å²) < 4.78 is 20.1. The number of nitrogens with one attached hydrogen (secondary N) is 1. The number of carbonyl (C=O) groups excluding carboxylic acids is 2. The van der Waals surface area contributed by atoms with Crippen molar-refractivity contribution >= 4 is 40.5 Å². The van der Waals surface area contributed by atoms with Crippen molar-refractivity contribution in [2.24, 2.45) is 0 Å². The normalized spacial score (nSPS) is 11.9. The van der Waals surface area contributed by atoms with E-state index in [9.17, 15) is 14.0 Å². The number of nitrogens with zero attached hydrogens (tertiary/aromatic N) is 3. The van der Waals surface area contributed by atoms with Crippen LogP contribution < -0.4 is 5.32 Å². The molecule has 2 heterocycles. The number of benzene rings is 2. The van der Waals surface area contributed by atoms with E-state index in [1.54, 1.807) is 55.6 Å². The molecule has 35 heavy (non-hydrogen) atoms. The zero-order chi connectivity index (χ0) is 24.8. The minimum absolute atomic E-state index is 0.218. The van der Waals surface area contributed by atoms with Gasteiger partial charge in [-0.1, -0.05) is 30.8 Å². The number of amides is 1. The molecule has 1 N–H and O–H groups in total. The summed E-state index contributed by atoms with van der Waals surface area (Å²) in [5, 5.41) is 3.59. The van der Waals surface area contributed by atoms with Gasteiger partial charge < -0.3 is 10.1 Å². The number of esters is 1. The Balaban J connectivity index is 1.58. The fourth-order valence-corrected chi connectivity index (χ4v) is 4.64. The number of halogens is 1. The second kappa shape index (κ2) is 11.1. The van der Waals surface area contributed by atoms with Crippen LogP contribution in [0.5, 0.6) is 0 Å². The molecule has 2 aromatic heterocycles. The molecule has 4 aromatic rings. The number of thioether (sulfide) groups is 1. The van der Waals surface area contributed by atoms with Gasteiger partial charge in [0.05, 0.1) is 12.2 Å². The standard InChI is InChI=1S/C26H25FN4O3S/c1-3-22(24(32)29-20-13-9-18(10-14-20)25(33)34-4-2)31-23-21(6-5-15-28-23)30-26(31)35-16-17-7-11-19(27)12-8-17/h5-15,22H,3-4,16H2,1-2H3,(H,29,32)/t22-/m1/s1. The molecule has 0 unspecified atom stereocenters. The summed E-state index contributed by atoms with van der Waals surface area (Å²) >= 11 is 1.47. The van der Waals surface area contributed by atoms with Gasteiger partial charge in [0, 0.05) is 17.6 Å². The molecule has 0 aliphatic heterocycles. The summed E-state index contributed by atoms with van der Waals surface area (Å²) in [5.41, 5.74) is 3.25. The topological polar surface area (TPSA) is 86.1 Å². The minimum atomic E-state index is -0.560. The highest BCUT2D eigenvalue weighted by Crippen LogP contribution is 2.31. The summed E-state index contributed by atoms with van der Waals surface area (Å²) in [4.78, 5) is 34.4. The summed E-state index contributed by atoms with van der Waals surface area (Å²) in [6.45, 7) is 3.97. The monoisotopic (exact) mass is 492 g/mol. The van der Waals surface area contributed by atoms with Gasteiger partial charge in [-0.3, -0.25) is 9.36 Å². The largest absolute Gasteiger partial charge is 0.462 e. The number of imidazole rings is 1. The van der Waals surface area contributed by atoms with E-state index in [-0.39, 0.29) is 11.7 Å². The number of pyridine rings is 1. The lowest BCUT2D eigenvalue weighted by Crippen LogP contribution is -2.26. The first-order chi connectivity index (χ1) is 17.0. The van der Waals surface area contributed by atoms with Crippen molar-refractivity contribution in [1.82, 2.24) is 14.5 Å². The number of hydrogen-bond donors (Lipinski definition) is 1. The Labute approximate surface area is 206 Å². The van der Waals surface area contributed by atoms with Crippen LogP contribution in [0.4, 0.5) is 10.1 Å². The number of fused-ring (bicyclic) bond motifs is 1. The number of rotatable bonds is 9. The zero-order valence-corrected chi connectivity index (χ0v) is 20.2. The Morgan fingerprint density at radius 2 is 1.83 bits per heavy atom. The average molecular weight is 493 g/mol. The van der Waals surface area contributed by atoms with E-state index in [1.165, 1.54) is 23.9 Å². The maximum absolute atomic E-state index is 13.3. The Morgan fingerprint density at radius 3 is 2.51 bits per heavy atom. The van der Waals surface area contributed by atoms with Crippen LogP contribution in [0, 0.1) is 5.82 Å². The van der Waals surface area contributed by atoms with Crippen LogP contribution in [0.1, 0.15) is 42.2 Å². The molecule has 1 amide bonds. The molecule has 0 saturated carbocycles. The molecular formula is C26H25FN4O3S. The van der Waals surface area contributed by atoms with Gasteiger partial charge in [0.15, 0.2) is 10.8 Å². The van der Waals surface area contributed by atoms with Gasteiger partial charge in [0.2, 0.25) is 5.91 Å². The van der Waals surface area contributed by atoms with Crippen molar-refractivity contribution < 1.29 is 18.7 Å². The molecule has 180 valence electrons. The molecular weight excluding hydrogens is 467 g/mol. The predicted molar refractivity (Wildman–Crippen MR) is 134 cm³/mol. The first-order valence-electron chi connectivity index (χ1n) is 11.3. The van der Waals surface area contributed by atoms with E-state index >= 15 is 0 Å². The molecule has 7 nitrogen and oxygen atoms in total. The van der Waals surface area contributed by atoms with Crippen molar-refractivity contribution in [3.8, 4) is 0 Å². The molecule has 0 spiro atoms. The van der Waals surface area contributed by atoms with Crippen LogP contribution in [-0.4, -0.2) is 33.0 Å². The van der Waals surface area contributed by atoms with Gasteiger partial charge in [0.25, 0.3) is 0 Å². The highest BCUT2D eigenvalue weighted by Gasteiger charge is 2.25. The molecule has 0 bridgehead atoms. The number of aromatic nitrogens is 3. The van der Waals surface area contributed by atoms with Crippen LogP contribution in [0.3, 0.4) is 0 Å². The first-order valence-corrected chi connectivity index (χ1v) is 12.3. The van der Waals surface area contributed by atoms with E-state index in [0.717, 1.165) is 5.56 Å². The maximum Gasteiger partial charge on any atom is 0.338 e. The van der Waals surface area contributed by atoms with E-state index in [1.807, 2.05) is 17.6 Å². The number of anilines is 1. The molecule has 0 saturated heterocycles. The molecule has 0 radical (unpaired) electrons. The predicted octanol–water partition coefficient (Wildman–Crippen LogP) is 5.63. The van der Waals surface area contributed by atoms with Crippen molar-refractivity contribution in [1.29, 1.82) is 0 Å². The van der Waals surface area contributed by atoms with E-state index < -0.39 is 12.0 Å². The van der Waals surface area contributed by atoms with Gasteiger partial charge >= 0.3 is 5.97 Å². The second-order valence-electron chi connectivity index (χ2n) is 7.74.